The minimum atomic E-state index is -0.300. The number of rotatable bonds is 4. The molecule has 1 N–H and O–H groups in total. The third kappa shape index (κ3) is 3.92. The monoisotopic (exact) mass is 397 g/mol. The SMILES string of the molecule is COc1ccc2cc(C(=O)Nc3ccc(C(=O)N(C)C)c(Cl)c3)c(C)nc2c1. The van der Waals surface area contributed by atoms with Gasteiger partial charge in [-0.15, -0.1) is 0 Å². The largest absolute Gasteiger partial charge is 0.497 e. The van der Waals surface area contributed by atoms with E-state index in [9.17, 15) is 9.59 Å². The summed E-state index contributed by atoms with van der Waals surface area (Å²) >= 11 is 6.21. The van der Waals surface area contributed by atoms with Crippen LogP contribution in [-0.2, 0) is 0 Å². The van der Waals surface area contributed by atoms with Crippen LogP contribution in [0.5, 0.6) is 5.75 Å². The quantitative estimate of drug-likeness (QED) is 0.717. The maximum Gasteiger partial charge on any atom is 0.257 e. The second-order valence-electron chi connectivity index (χ2n) is 6.53. The second kappa shape index (κ2) is 7.86. The van der Waals surface area contributed by atoms with E-state index in [1.54, 1.807) is 52.4 Å². The molecule has 1 aromatic heterocycles. The smallest absolute Gasteiger partial charge is 0.257 e. The Bertz CT molecular complexity index is 1080. The van der Waals surface area contributed by atoms with Gasteiger partial charge in [0.2, 0.25) is 0 Å². The number of carbonyl (C=O) groups excluding carboxylic acids is 2. The molecular formula is C21H20ClN3O3. The van der Waals surface area contributed by atoms with Crippen molar-refractivity contribution in [2.45, 2.75) is 6.92 Å². The molecule has 144 valence electrons. The first-order valence-electron chi connectivity index (χ1n) is 8.58. The molecule has 0 saturated heterocycles. The molecule has 0 spiro atoms. The number of halogens is 1. The van der Waals surface area contributed by atoms with E-state index in [0.717, 1.165) is 10.9 Å². The van der Waals surface area contributed by atoms with E-state index in [2.05, 4.69) is 10.3 Å². The van der Waals surface area contributed by atoms with Gasteiger partial charge in [0.15, 0.2) is 0 Å². The Balaban J connectivity index is 1.87. The number of benzene rings is 2. The Morgan fingerprint density at radius 2 is 1.82 bits per heavy atom. The number of carbonyl (C=O) groups is 2. The molecule has 0 bridgehead atoms. The van der Waals surface area contributed by atoms with Crippen molar-refractivity contribution in [3.63, 3.8) is 0 Å². The Kier molecular flexibility index (Phi) is 5.51. The second-order valence-corrected chi connectivity index (χ2v) is 6.94. The van der Waals surface area contributed by atoms with Gasteiger partial charge in [-0.05, 0) is 43.3 Å². The number of anilines is 1. The van der Waals surface area contributed by atoms with Crippen molar-refractivity contribution in [2.75, 3.05) is 26.5 Å². The normalized spacial score (nSPS) is 10.6. The lowest BCUT2D eigenvalue weighted by Gasteiger charge is -2.13. The predicted molar refractivity (Wildman–Crippen MR) is 110 cm³/mol. The van der Waals surface area contributed by atoms with Crippen LogP contribution in [0.4, 0.5) is 5.69 Å². The fourth-order valence-corrected chi connectivity index (χ4v) is 3.07. The van der Waals surface area contributed by atoms with E-state index in [-0.39, 0.29) is 16.8 Å². The lowest BCUT2D eigenvalue weighted by atomic mass is 10.1. The molecule has 2 aromatic carbocycles. The molecule has 0 unspecified atom stereocenters. The number of amides is 2. The molecule has 3 aromatic rings. The highest BCUT2D eigenvalue weighted by molar-refractivity contribution is 6.34. The summed E-state index contributed by atoms with van der Waals surface area (Å²) in [5.74, 6) is 0.206. The van der Waals surface area contributed by atoms with Crippen molar-refractivity contribution in [1.29, 1.82) is 0 Å². The van der Waals surface area contributed by atoms with Crippen LogP contribution in [0.2, 0.25) is 5.02 Å². The van der Waals surface area contributed by atoms with Crippen LogP contribution in [0.15, 0.2) is 42.5 Å². The molecule has 28 heavy (non-hydrogen) atoms. The Morgan fingerprint density at radius 1 is 1.07 bits per heavy atom. The number of nitrogens with zero attached hydrogens (tertiary/aromatic N) is 2. The van der Waals surface area contributed by atoms with Gasteiger partial charge in [-0.25, -0.2) is 0 Å². The van der Waals surface area contributed by atoms with Crippen LogP contribution in [0.3, 0.4) is 0 Å². The number of pyridine rings is 1. The summed E-state index contributed by atoms with van der Waals surface area (Å²) in [6, 6.07) is 12.1. The highest BCUT2D eigenvalue weighted by atomic mass is 35.5. The number of fused-ring (bicyclic) bond motifs is 1. The molecule has 0 saturated carbocycles. The van der Waals surface area contributed by atoms with Gasteiger partial charge in [-0.3, -0.25) is 14.6 Å². The molecule has 3 rings (SSSR count). The number of aromatic nitrogens is 1. The van der Waals surface area contributed by atoms with E-state index in [0.29, 0.717) is 28.3 Å². The maximum atomic E-state index is 12.7. The summed E-state index contributed by atoms with van der Waals surface area (Å²) in [6.45, 7) is 1.78. The van der Waals surface area contributed by atoms with Gasteiger partial charge in [0, 0.05) is 31.2 Å². The van der Waals surface area contributed by atoms with Crippen LogP contribution >= 0.6 is 11.6 Å². The Morgan fingerprint density at radius 3 is 2.46 bits per heavy atom. The summed E-state index contributed by atoms with van der Waals surface area (Å²) in [5.41, 5.74) is 2.69. The van der Waals surface area contributed by atoms with Gasteiger partial charge in [0.1, 0.15) is 5.75 Å². The van der Waals surface area contributed by atoms with Crippen LogP contribution < -0.4 is 10.1 Å². The van der Waals surface area contributed by atoms with E-state index >= 15 is 0 Å². The highest BCUT2D eigenvalue weighted by Gasteiger charge is 2.16. The van der Waals surface area contributed by atoms with Crippen molar-refractivity contribution < 1.29 is 14.3 Å². The fourth-order valence-electron chi connectivity index (χ4n) is 2.81. The van der Waals surface area contributed by atoms with Gasteiger partial charge in [0.25, 0.3) is 11.8 Å². The van der Waals surface area contributed by atoms with Gasteiger partial charge in [-0.1, -0.05) is 11.6 Å². The van der Waals surface area contributed by atoms with Gasteiger partial charge in [-0.2, -0.15) is 0 Å². The average molecular weight is 398 g/mol. The number of hydrogen-bond acceptors (Lipinski definition) is 4. The zero-order valence-electron chi connectivity index (χ0n) is 16.0. The molecule has 6 nitrogen and oxygen atoms in total. The summed E-state index contributed by atoms with van der Waals surface area (Å²) in [5, 5.41) is 3.92. The first-order valence-corrected chi connectivity index (χ1v) is 8.96. The Hall–Kier alpha value is -3.12. The molecule has 0 atom stereocenters. The van der Waals surface area contributed by atoms with Crippen LogP contribution in [0.25, 0.3) is 10.9 Å². The molecule has 0 aliphatic heterocycles. The maximum absolute atomic E-state index is 12.7. The van der Waals surface area contributed by atoms with Crippen molar-refractivity contribution in [3.8, 4) is 5.75 Å². The van der Waals surface area contributed by atoms with Gasteiger partial charge < -0.3 is 15.0 Å². The minimum absolute atomic E-state index is 0.201. The first kappa shape index (κ1) is 19.6. The standard InChI is InChI=1S/C21H20ClN3O3/c1-12-17(9-13-5-7-15(28-4)11-19(13)23-12)20(26)24-14-6-8-16(18(22)10-14)21(27)25(2)3/h5-11H,1-4H3,(H,24,26). The zero-order chi connectivity index (χ0) is 20.4. The summed E-state index contributed by atoms with van der Waals surface area (Å²) in [4.78, 5) is 30.8. The Labute approximate surface area is 168 Å². The molecule has 0 aliphatic carbocycles. The van der Waals surface area contributed by atoms with Crippen molar-refractivity contribution in [2.24, 2.45) is 0 Å². The molecule has 0 fully saturated rings. The molecule has 0 aliphatic rings. The topological polar surface area (TPSA) is 71.5 Å². The molecule has 1 heterocycles. The number of ether oxygens (including phenoxy) is 1. The zero-order valence-corrected chi connectivity index (χ0v) is 16.8. The first-order chi connectivity index (χ1) is 13.3. The van der Waals surface area contributed by atoms with Gasteiger partial charge >= 0.3 is 0 Å². The van der Waals surface area contributed by atoms with Crippen molar-refractivity contribution in [3.05, 3.63) is 64.3 Å². The lowest BCUT2D eigenvalue weighted by molar-refractivity contribution is 0.0827. The van der Waals surface area contributed by atoms with Crippen LogP contribution in [0.1, 0.15) is 26.4 Å². The molecule has 2 amide bonds. The summed E-state index contributed by atoms with van der Waals surface area (Å²) in [7, 11) is 4.90. The summed E-state index contributed by atoms with van der Waals surface area (Å²) in [6.07, 6.45) is 0. The van der Waals surface area contributed by atoms with Gasteiger partial charge in [0.05, 0.1) is 34.5 Å². The fraction of sp³-hybridized carbons (Fsp3) is 0.190. The van der Waals surface area contributed by atoms with Crippen LogP contribution in [-0.4, -0.2) is 42.9 Å². The van der Waals surface area contributed by atoms with E-state index < -0.39 is 0 Å². The third-order valence-electron chi connectivity index (χ3n) is 4.32. The summed E-state index contributed by atoms with van der Waals surface area (Å²) < 4.78 is 5.21. The van der Waals surface area contributed by atoms with Crippen molar-refractivity contribution in [1.82, 2.24) is 9.88 Å². The lowest BCUT2D eigenvalue weighted by Crippen LogP contribution is -2.22. The predicted octanol–water partition coefficient (Wildman–Crippen LogP) is 4.16. The number of nitrogens with one attached hydrogen (secondary N) is 1. The number of hydrogen-bond donors (Lipinski definition) is 1. The molecular weight excluding hydrogens is 378 g/mol. The average Bonchev–Trinajstić information content (AvgIpc) is 2.66. The minimum Gasteiger partial charge on any atom is -0.497 e. The third-order valence-corrected chi connectivity index (χ3v) is 4.64. The highest BCUT2D eigenvalue weighted by Crippen LogP contribution is 2.24. The molecule has 0 radical (unpaired) electrons. The molecule has 7 heteroatoms. The number of aryl methyl sites for hydroxylation is 1. The van der Waals surface area contributed by atoms with Crippen LogP contribution in [0, 0.1) is 6.92 Å². The van der Waals surface area contributed by atoms with E-state index in [4.69, 9.17) is 16.3 Å². The van der Waals surface area contributed by atoms with E-state index in [1.165, 1.54) is 4.90 Å². The van der Waals surface area contributed by atoms with E-state index in [1.807, 2.05) is 18.2 Å². The number of methoxy groups -OCH3 is 1. The van der Waals surface area contributed by atoms with Crippen molar-refractivity contribution >= 4 is 40.0 Å².